The minimum absolute atomic E-state index is 0.0187. The Morgan fingerprint density at radius 2 is 2.29 bits per heavy atom. The predicted molar refractivity (Wildman–Crippen MR) is 65.2 cm³/mol. The number of hydrogen-bond donors (Lipinski definition) is 0. The smallest absolute Gasteiger partial charge is 0.158 e. The van der Waals surface area contributed by atoms with Gasteiger partial charge in [-0.25, -0.2) is 0 Å². The summed E-state index contributed by atoms with van der Waals surface area (Å²) in [6.07, 6.45) is 4.12. The van der Waals surface area contributed by atoms with E-state index in [0.717, 1.165) is 25.9 Å². The molecule has 0 amide bonds. The maximum atomic E-state index is 5.85. The van der Waals surface area contributed by atoms with Crippen LogP contribution < -0.4 is 0 Å². The Balaban J connectivity index is 2.34. The second kappa shape index (κ2) is 5.94. The van der Waals surface area contributed by atoms with Gasteiger partial charge in [-0.1, -0.05) is 5.92 Å². The van der Waals surface area contributed by atoms with E-state index in [9.17, 15) is 0 Å². The fraction of sp³-hybridized carbons (Fsp3) is 0.818. The molecule has 1 unspecified atom stereocenters. The molecule has 3 heteroatoms. The minimum Gasteiger partial charge on any atom is -0.353 e. The van der Waals surface area contributed by atoms with E-state index in [-0.39, 0.29) is 11.9 Å². The molecular formula is C11H17IO2. The quantitative estimate of drug-likeness (QED) is 0.589. The van der Waals surface area contributed by atoms with E-state index >= 15 is 0 Å². The number of halogens is 1. The lowest BCUT2D eigenvalue weighted by molar-refractivity contribution is -0.213. The SMILES string of the molecule is CC(C)(CC#CI)OC1CCCCO1. The third-order valence-corrected chi connectivity index (χ3v) is 2.55. The molecule has 1 atom stereocenters. The predicted octanol–water partition coefficient (Wildman–Crippen LogP) is 3.09. The molecule has 1 heterocycles. The van der Waals surface area contributed by atoms with E-state index in [1.807, 2.05) is 0 Å². The van der Waals surface area contributed by atoms with Gasteiger partial charge in [0.05, 0.1) is 5.60 Å². The van der Waals surface area contributed by atoms with Gasteiger partial charge in [0.2, 0.25) is 0 Å². The van der Waals surface area contributed by atoms with Crippen molar-refractivity contribution < 1.29 is 9.47 Å². The molecule has 0 radical (unpaired) electrons. The van der Waals surface area contributed by atoms with Crippen LogP contribution in [0.2, 0.25) is 0 Å². The lowest BCUT2D eigenvalue weighted by Crippen LogP contribution is -2.33. The van der Waals surface area contributed by atoms with Crippen LogP contribution in [0, 0.1) is 9.85 Å². The molecule has 14 heavy (non-hydrogen) atoms. The molecule has 1 rings (SSSR count). The molecule has 1 aliphatic rings. The minimum atomic E-state index is -0.194. The monoisotopic (exact) mass is 308 g/mol. The van der Waals surface area contributed by atoms with Crippen molar-refractivity contribution in [3.8, 4) is 9.85 Å². The highest BCUT2D eigenvalue weighted by molar-refractivity contribution is 14.1. The van der Waals surface area contributed by atoms with Crippen LogP contribution in [0.15, 0.2) is 0 Å². The Bertz CT molecular complexity index is 221. The standard InChI is InChI=1S/C11H17IO2/c1-11(2,7-5-8-12)14-10-6-3-4-9-13-10/h10H,3-4,6-7,9H2,1-2H3. The fourth-order valence-corrected chi connectivity index (χ4v) is 1.64. The molecule has 0 saturated carbocycles. The van der Waals surface area contributed by atoms with Gasteiger partial charge < -0.3 is 9.47 Å². The summed E-state index contributed by atoms with van der Waals surface area (Å²) >= 11 is 2.05. The van der Waals surface area contributed by atoms with Crippen molar-refractivity contribution in [2.75, 3.05) is 6.61 Å². The Kier molecular flexibility index (Phi) is 5.21. The van der Waals surface area contributed by atoms with Crippen molar-refractivity contribution in [2.45, 2.75) is 51.4 Å². The summed E-state index contributed by atoms with van der Waals surface area (Å²) in [6.45, 7) is 4.95. The second-order valence-electron chi connectivity index (χ2n) is 4.12. The van der Waals surface area contributed by atoms with Gasteiger partial charge in [-0.05, 0) is 37.0 Å². The van der Waals surface area contributed by atoms with Crippen LogP contribution in [0.5, 0.6) is 0 Å². The van der Waals surface area contributed by atoms with Crippen molar-refractivity contribution in [1.29, 1.82) is 0 Å². The molecule has 80 valence electrons. The topological polar surface area (TPSA) is 18.5 Å². The maximum Gasteiger partial charge on any atom is 0.158 e. The first kappa shape index (κ1) is 12.3. The highest BCUT2D eigenvalue weighted by Gasteiger charge is 2.24. The summed E-state index contributed by atoms with van der Waals surface area (Å²) in [6, 6.07) is 0. The summed E-state index contributed by atoms with van der Waals surface area (Å²) in [5, 5.41) is 0. The van der Waals surface area contributed by atoms with Gasteiger partial charge in [-0.3, -0.25) is 0 Å². The summed E-state index contributed by atoms with van der Waals surface area (Å²) in [7, 11) is 0. The average Bonchev–Trinajstić information content (AvgIpc) is 2.16. The van der Waals surface area contributed by atoms with Crippen molar-refractivity contribution >= 4 is 22.6 Å². The van der Waals surface area contributed by atoms with Crippen molar-refractivity contribution in [1.82, 2.24) is 0 Å². The first-order valence-corrected chi connectivity index (χ1v) is 6.10. The van der Waals surface area contributed by atoms with E-state index in [2.05, 4.69) is 46.3 Å². The Hall–Kier alpha value is 0.210. The summed E-state index contributed by atoms with van der Waals surface area (Å²) in [5.41, 5.74) is -0.194. The molecule has 1 aliphatic heterocycles. The van der Waals surface area contributed by atoms with Crippen LogP contribution in [0.4, 0.5) is 0 Å². The molecule has 2 nitrogen and oxygen atoms in total. The van der Waals surface area contributed by atoms with Crippen LogP contribution in [0.1, 0.15) is 39.5 Å². The molecule has 0 aromatic heterocycles. The lowest BCUT2D eigenvalue weighted by Gasteiger charge is -2.31. The zero-order valence-electron chi connectivity index (χ0n) is 8.81. The Labute approximate surface area is 99.9 Å². The Morgan fingerprint density at radius 1 is 1.50 bits per heavy atom. The first-order valence-electron chi connectivity index (χ1n) is 5.02. The Morgan fingerprint density at radius 3 is 2.86 bits per heavy atom. The van der Waals surface area contributed by atoms with E-state index in [0.29, 0.717) is 0 Å². The van der Waals surface area contributed by atoms with Gasteiger partial charge in [0, 0.05) is 35.6 Å². The molecular weight excluding hydrogens is 291 g/mol. The summed E-state index contributed by atoms with van der Waals surface area (Å²) in [4.78, 5) is 0. The largest absolute Gasteiger partial charge is 0.353 e. The zero-order valence-corrected chi connectivity index (χ0v) is 11.0. The highest BCUT2D eigenvalue weighted by atomic mass is 127. The van der Waals surface area contributed by atoms with E-state index in [4.69, 9.17) is 9.47 Å². The van der Waals surface area contributed by atoms with Gasteiger partial charge in [0.25, 0.3) is 0 Å². The third-order valence-electron chi connectivity index (χ3n) is 2.17. The zero-order chi connectivity index (χ0) is 10.4. The molecule has 0 N–H and O–H groups in total. The molecule has 1 fully saturated rings. The molecule has 0 bridgehead atoms. The van der Waals surface area contributed by atoms with Crippen molar-refractivity contribution in [3.05, 3.63) is 0 Å². The van der Waals surface area contributed by atoms with Crippen molar-refractivity contribution in [3.63, 3.8) is 0 Å². The number of ether oxygens (including phenoxy) is 2. The molecule has 0 aromatic rings. The van der Waals surface area contributed by atoms with E-state index in [1.165, 1.54) is 6.42 Å². The summed E-state index contributed by atoms with van der Waals surface area (Å²) < 4.78 is 14.2. The average molecular weight is 308 g/mol. The van der Waals surface area contributed by atoms with Crippen molar-refractivity contribution in [2.24, 2.45) is 0 Å². The number of hydrogen-bond acceptors (Lipinski definition) is 2. The first-order chi connectivity index (χ1) is 6.64. The van der Waals surface area contributed by atoms with Gasteiger partial charge >= 0.3 is 0 Å². The molecule has 0 aromatic carbocycles. The molecule has 0 spiro atoms. The molecule has 0 aliphatic carbocycles. The highest BCUT2D eigenvalue weighted by Crippen LogP contribution is 2.22. The van der Waals surface area contributed by atoms with Gasteiger partial charge in [-0.2, -0.15) is 0 Å². The lowest BCUT2D eigenvalue weighted by atomic mass is 10.1. The van der Waals surface area contributed by atoms with Crippen LogP contribution in [-0.2, 0) is 9.47 Å². The van der Waals surface area contributed by atoms with Crippen LogP contribution in [-0.4, -0.2) is 18.5 Å². The maximum absolute atomic E-state index is 5.85. The van der Waals surface area contributed by atoms with E-state index in [1.54, 1.807) is 0 Å². The second-order valence-corrected chi connectivity index (χ2v) is 4.66. The van der Waals surface area contributed by atoms with Crippen LogP contribution >= 0.6 is 22.6 Å². The van der Waals surface area contributed by atoms with Gasteiger partial charge in [-0.15, -0.1) is 0 Å². The number of rotatable bonds is 3. The fourth-order valence-electron chi connectivity index (χ4n) is 1.45. The van der Waals surface area contributed by atoms with Gasteiger partial charge in [0.15, 0.2) is 6.29 Å². The van der Waals surface area contributed by atoms with Gasteiger partial charge in [0.1, 0.15) is 0 Å². The third kappa shape index (κ3) is 4.63. The van der Waals surface area contributed by atoms with Crippen LogP contribution in [0.3, 0.4) is 0 Å². The van der Waals surface area contributed by atoms with E-state index < -0.39 is 0 Å². The molecule has 1 saturated heterocycles. The van der Waals surface area contributed by atoms with Crippen LogP contribution in [0.25, 0.3) is 0 Å². The normalized spacial score (nSPS) is 22.6. The summed E-state index contributed by atoms with van der Waals surface area (Å²) in [5.74, 6) is 3.03.